The van der Waals surface area contributed by atoms with Crippen LogP contribution in [0.3, 0.4) is 0 Å². The van der Waals surface area contributed by atoms with E-state index >= 15 is 0 Å². The van der Waals surface area contributed by atoms with Crippen LogP contribution in [0.15, 0.2) is 17.1 Å². The lowest BCUT2D eigenvalue weighted by Gasteiger charge is -2.14. The fraction of sp³-hybridized carbons (Fsp3) is 0.636. The number of hydrogen-bond acceptors (Lipinski definition) is 5. The number of nitrogens with zero attached hydrogens (tertiary/aromatic N) is 2. The van der Waals surface area contributed by atoms with Crippen molar-refractivity contribution < 1.29 is 9.84 Å². The molecule has 0 bridgehead atoms. The van der Waals surface area contributed by atoms with Gasteiger partial charge in [0.2, 0.25) is 0 Å². The molecule has 2 atom stereocenters. The molecule has 17 heavy (non-hydrogen) atoms. The van der Waals surface area contributed by atoms with Crippen LogP contribution in [0.4, 0.5) is 5.82 Å². The summed E-state index contributed by atoms with van der Waals surface area (Å²) < 4.78 is 6.84. The minimum Gasteiger partial charge on any atom is -0.394 e. The van der Waals surface area contributed by atoms with Crippen molar-refractivity contribution in [2.75, 3.05) is 12.3 Å². The number of nitrogens with two attached hydrogens (primary N) is 1. The summed E-state index contributed by atoms with van der Waals surface area (Å²) in [6.45, 7) is 3.98. The summed E-state index contributed by atoms with van der Waals surface area (Å²) >= 11 is 0. The van der Waals surface area contributed by atoms with Crippen LogP contribution in [0, 0.1) is 0 Å². The van der Waals surface area contributed by atoms with E-state index in [2.05, 4.69) is 4.98 Å². The van der Waals surface area contributed by atoms with Crippen molar-refractivity contribution in [3.63, 3.8) is 0 Å². The highest BCUT2D eigenvalue weighted by Crippen LogP contribution is 2.26. The first-order chi connectivity index (χ1) is 8.20. The highest BCUT2D eigenvalue weighted by Gasteiger charge is 2.26. The van der Waals surface area contributed by atoms with Crippen molar-refractivity contribution in [2.24, 2.45) is 0 Å². The van der Waals surface area contributed by atoms with Gasteiger partial charge in [0, 0.05) is 6.20 Å². The first-order valence-corrected chi connectivity index (χ1v) is 5.81. The largest absolute Gasteiger partial charge is 0.394 e. The third-order valence-electron chi connectivity index (χ3n) is 2.45. The van der Waals surface area contributed by atoms with Gasteiger partial charge in [-0.2, -0.15) is 4.98 Å². The Balaban J connectivity index is 0.000000686. The van der Waals surface area contributed by atoms with E-state index in [1.807, 2.05) is 13.8 Å². The van der Waals surface area contributed by atoms with Gasteiger partial charge in [-0.3, -0.25) is 4.57 Å². The van der Waals surface area contributed by atoms with Crippen LogP contribution in [0.1, 0.15) is 32.9 Å². The standard InChI is InChI=1S/C9H13N3O3.C2H6/c10-7-3-4-12(9(14)11-7)8-2-1-6(5-13)15-8;1-2/h3-4,6,8,13H,1-2,5H2,(H2,10,11,14);1-2H3/t6-,8?;/m0./s1. The van der Waals surface area contributed by atoms with Crippen molar-refractivity contribution >= 4 is 5.82 Å². The molecule has 3 N–H and O–H groups in total. The van der Waals surface area contributed by atoms with Gasteiger partial charge in [-0.1, -0.05) is 13.8 Å². The Morgan fingerprint density at radius 1 is 1.59 bits per heavy atom. The van der Waals surface area contributed by atoms with E-state index in [0.717, 1.165) is 6.42 Å². The summed E-state index contributed by atoms with van der Waals surface area (Å²) in [6, 6.07) is 1.55. The maximum Gasteiger partial charge on any atom is 0.351 e. The number of ether oxygens (including phenoxy) is 1. The van der Waals surface area contributed by atoms with Crippen molar-refractivity contribution in [3.05, 3.63) is 22.7 Å². The van der Waals surface area contributed by atoms with Crippen LogP contribution in [-0.2, 0) is 4.74 Å². The molecule has 96 valence electrons. The monoisotopic (exact) mass is 241 g/mol. The van der Waals surface area contributed by atoms with Gasteiger partial charge in [0.05, 0.1) is 12.7 Å². The van der Waals surface area contributed by atoms with E-state index in [9.17, 15) is 4.79 Å². The Morgan fingerprint density at radius 2 is 2.29 bits per heavy atom. The molecule has 2 rings (SSSR count). The van der Waals surface area contributed by atoms with E-state index in [-0.39, 0.29) is 24.8 Å². The van der Waals surface area contributed by atoms with Crippen molar-refractivity contribution in [3.8, 4) is 0 Å². The fourth-order valence-corrected chi connectivity index (χ4v) is 1.67. The molecule has 1 saturated heterocycles. The first-order valence-electron chi connectivity index (χ1n) is 5.81. The van der Waals surface area contributed by atoms with Gasteiger partial charge >= 0.3 is 5.69 Å². The molecular weight excluding hydrogens is 222 g/mol. The summed E-state index contributed by atoms with van der Waals surface area (Å²) in [5.74, 6) is 0.202. The molecule has 1 unspecified atom stereocenters. The van der Waals surface area contributed by atoms with Gasteiger partial charge in [-0.15, -0.1) is 0 Å². The Bertz CT molecular complexity index is 405. The van der Waals surface area contributed by atoms with Gasteiger partial charge in [0.25, 0.3) is 0 Å². The lowest BCUT2D eigenvalue weighted by atomic mass is 10.2. The summed E-state index contributed by atoms with van der Waals surface area (Å²) in [6.07, 6.45) is 2.51. The third kappa shape index (κ3) is 3.28. The second kappa shape index (κ2) is 6.36. The fourth-order valence-electron chi connectivity index (χ4n) is 1.67. The number of aromatic nitrogens is 2. The summed E-state index contributed by atoms with van der Waals surface area (Å²) in [4.78, 5) is 15.1. The molecule has 0 spiro atoms. The Labute approximate surface area is 100 Å². The molecule has 1 fully saturated rings. The number of aliphatic hydroxyl groups excluding tert-OH is 1. The number of rotatable bonds is 2. The van der Waals surface area contributed by atoms with Crippen LogP contribution in [0.2, 0.25) is 0 Å². The molecule has 2 heterocycles. The molecule has 0 saturated carbocycles. The molecule has 6 nitrogen and oxygen atoms in total. The number of anilines is 1. The van der Waals surface area contributed by atoms with E-state index < -0.39 is 5.69 Å². The normalized spacial score (nSPS) is 23.0. The molecule has 1 aliphatic rings. The van der Waals surface area contributed by atoms with Gasteiger partial charge in [0.15, 0.2) is 0 Å². The topological polar surface area (TPSA) is 90.4 Å². The summed E-state index contributed by atoms with van der Waals surface area (Å²) in [5.41, 5.74) is 4.96. The zero-order valence-corrected chi connectivity index (χ0v) is 10.2. The SMILES string of the molecule is CC.Nc1ccn(C2CC[C@@H](CO)O2)c(=O)n1. The van der Waals surface area contributed by atoms with Gasteiger partial charge < -0.3 is 15.6 Å². The second-order valence-electron chi connectivity index (χ2n) is 3.51. The highest BCUT2D eigenvalue weighted by molar-refractivity contribution is 5.23. The smallest absolute Gasteiger partial charge is 0.351 e. The zero-order valence-electron chi connectivity index (χ0n) is 10.2. The summed E-state index contributed by atoms with van der Waals surface area (Å²) in [5, 5.41) is 8.90. The van der Waals surface area contributed by atoms with Crippen molar-refractivity contribution in [1.82, 2.24) is 9.55 Å². The van der Waals surface area contributed by atoms with Crippen LogP contribution >= 0.6 is 0 Å². The average molecular weight is 241 g/mol. The summed E-state index contributed by atoms with van der Waals surface area (Å²) in [7, 11) is 0. The predicted molar refractivity (Wildman–Crippen MR) is 64.5 cm³/mol. The second-order valence-corrected chi connectivity index (χ2v) is 3.51. The van der Waals surface area contributed by atoms with Crippen molar-refractivity contribution in [2.45, 2.75) is 39.0 Å². The lowest BCUT2D eigenvalue weighted by molar-refractivity contribution is -0.0245. The van der Waals surface area contributed by atoms with Crippen LogP contribution in [-0.4, -0.2) is 27.4 Å². The molecule has 6 heteroatoms. The molecule has 1 aromatic rings. The van der Waals surface area contributed by atoms with Crippen LogP contribution in [0.5, 0.6) is 0 Å². The van der Waals surface area contributed by atoms with E-state index in [1.165, 1.54) is 4.57 Å². The van der Waals surface area contributed by atoms with Crippen molar-refractivity contribution in [1.29, 1.82) is 0 Å². The predicted octanol–water partition coefficient (Wildman–Crippen LogP) is 0.522. The average Bonchev–Trinajstić information content (AvgIpc) is 2.80. The first kappa shape index (κ1) is 13.7. The number of hydrogen-bond donors (Lipinski definition) is 2. The minimum absolute atomic E-state index is 0.0202. The zero-order chi connectivity index (χ0) is 12.8. The molecule has 0 radical (unpaired) electrons. The van der Waals surface area contributed by atoms with Crippen LogP contribution < -0.4 is 11.4 Å². The molecule has 1 aliphatic heterocycles. The third-order valence-corrected chi connectivity index (χ3v) is 2.45. The van der Waals surface area contributed by atoms with Crippen LogP contribution in [0.25, 0.3) is 0 Å². The number of nitrogen functional groups attached to an aromatic ring is 1. The Kier molecular flexibility index (Phi) is 5.11. The maximum atomic E-state index is 11.5. The van der Waals surface area contributed by atoms with E-state index in [0.29, 0.717) is 6.42 Å². The highest BCUT2D eigenvalue weighted by atomic mass is 16.5. The Hall–Kier alpha value is -1.40. The molecule has 1 aromatic heterocycles. The van der Waals surface area contributed by atoms with Gasteiger partial charge in [-0.25, -0.2) is 4.79 Å². The molecule has 0 aliphatic carbocycles. The number of aliphatic hydroxyl groups is 1. The Morgan fingerprint density at radius 3 is 2.82 bits per heavy atom. The molecule has 0 aromatic carbocycles. The van der Waals surface area contributed by atoms with E-state index in [4.69, 9.17) is 15.6 Å². The maximum absolute atomic E-state index is 11.5. The van der Waals surface area contributed by atoms with Gasteiger partial charge in [-0.05, 0) is 18.9 Å². The quantitative estimate of drug-likeness (QED) is 0.787. The minimum atomic E-state index is -0.418. The molecular formula is C11H19N3O3. The molecule has 0 amide bonds. The van der Waals surface area contributed by atoms with E-state index in [1.54, 1.807) is 12.3 Å². The lowest BCUT2D eigenvalue weighted by Crippen LogP contribution is -2.27. The van der Waals surface area contributed by atoms with Gasteiger partial charge in [0.1, 0.15) is 12.0 Å².